The molecule has 2 aromatic rings. The Bertz CT molecular complexity index is 667. The van der Waals surface area contributed by atoms with Crippen molar-refractivity contribution in [3.8, 4) is 0 Å². The van der Waals surface area contributed by atoms with E-state index >= 15 is 0 Å². The molecule has 0 bridgehead atoms. The van der Waals surface area contributed by atoms with E-state index in [1.807, 2.05) is 39.0 Å². The van der Waals surface area contributed by atoms with Gasteiger partial charge >= 0.3 is 0 Å². The Labute approximate surface area is 140 Å². The molecule has 23 heavy (non-hydrogen) atoms. The monoisotopic (exact) mass is 331 g/mol. The molecular weight excluding hydrogens is 310 g/mol. The highest BCUT2D eigenvalue weighted by atomic mass is 32.1. The first-order valence-corrected chi connectivity index (χ1v) is 8.34. The first-order valence-electron chi connectivity index (χ1n) is 7.52. The van der Waals surface area contributed by atoms with E-state index in [0.29, 0.717) is 17.2 Å². The molecule has 122 valence electrons. The zero-order valence-corrected chi connectivity index (χ0v) is 14.4. The van der Waals surface area contributed by atoms with Gasteiger partial charge in [-0.2, -0.15) is 0 Å². The summed E-state index contributed by atoms with van der Waals surface area (Å²) in [4.78, 5) is 31.5. The zero-order chi connectivity index (χ0) is 16.8. The van der Waals surface area contributed by atoms with Crippen molar-refractivity contribution in [3.05, 3.63) is 47.0 Å². The van der Waals surface area contributed by atoms with E-state index in [1.54, 1.807) is 23.2 Å². The lowest BCUT2D eigenvalue weighted by atomic mass is 10.1. The number of anilines is 1. The van der Waals surface area contributed by atoms with Gasteiger partial charge in [-0.05, 0) is 25.0 Å². The van der Waals surface area contributed by atoms with Crippen LogP contribution in [0.1, 0.15) is 29.1 Å². The summed E-state index contributed by atoms with van der Waals surface area (Å²) in [6, 6.07) is 9.02. The van der Waals surface area contributed by atoms with Crippen molar-refractivity contribution in [2.45, 2.75) is 20.8 Å². The molecule has 0 unspecified atom stereocenters. The van der Waals surface area contributed by atoms with Crippen molar-refractivity contribution in [1.82, 2.24) is 9.88 Å². The second-order valence-electron chi connectivity index (χ2n) is 5.77. The maximum absolute atomic E-state index is 12.6. The number of nitrogens with one attached hydrogen (secondary N) is 1. The molecule has 0 aliphatic carbocycles. The average Bonchev–Trinajstić information content (AvgIpc) is 2.91. The van der Waals surface area contributed by atoms with Crippen LogP contribution in [0.25, 0.3) is 0 Å². The highest BCUT2D eigenvalue weighted by molar-refractivity contribution is 7.15. The lowest BCUT2D eigenvalue weighted by molar-refractivity contribution is -0.117. The standard InChI is InChI=1S/C17H21N3O2S/c1-12(2)10-20(16(22)14-7-5-4-6-8-14)11-15(21)19-17-18-9-13(3)23-17/h4-9,12H,10-11H2,1-3H3,(H,18,19,21). The van der Waals surface area contributed by atoms with Crippen LogP contribution in [0.5, 0.6) is 0 Å². The number of benzene rings is 1. The van der Waals surface area contributed by atoms with Gasteiger partial charge in [-0.1, -0.05) is 32.0 Å². The van der Waals surface area contributed by atoms with Crippen LogP contribution >= 0.6 is 11.3 Å². The number of aryl methyl sites for hydroxylation is 1. The van der Waals surface area contributed by atoms with Crippen LogP contribution in [0.3, 0.4) is 0 Å². The predicted molar refractivity (Wildman–Crippen MR) is 92.7 cm³/mol. The van der Waals surface area contributed by atoms with E-state index in [2.05, 4.69) is 10.3 Å². The molecule has 2 rings (SSSR count). The summed E-state index contributed by atoms with van der Waals surface area (Å²) in [6.45, 7) is 6.51. The van der Waals surface area contributed by atoms with Gasteiger partial charge in [0.1, 0.15) is 6.54 Å². The molecule has 1 N–H and O–H groups in total. The first-order chi connectivity index (χ1) is 11.0. The molecule has 0 radical (unpaired) electrons. The molecule has 1 aromatic carbocycles. The highest BCUT2D eigenvalue weighted by Gasteiger charge is 2.20. The summed E-state index contributed by atoms with van der Waals surface area (Å²) in [7, 11) is 0. The maximum Gasteiger partial charge on any atom is 0.254 e. The van der Waals surface area contributed by atoms with E-state index in [1.165, 1.54) is 11.3 Å². The maximum atomic E-state index is 12.6. The van der Waals surface area contributed by atoms with E-state index in [-0.39, 0.29) is 24.3 Å². The Balaban J connectivity index is 2.06. The summed E-state index contributed by atoms with van der Waals surface area (Å²) in [6.07, 6.45) is 1.71. The number of carbonyl (C=O) groups excluding carboxylic acids is 2. The van der Waals surface area contributed by atoms with Gasteiger partial charge in [0.15, 0.2) is 5.13 Å². The van der Waals surface area contributed by atoms with Gasteiger partial charge in [0.25, 0.3) is 5.91 Å². The van der Waals surface area contributed by atoms with Gasteiger partial charge in [0.2, 0.25) is 5.91 Å². The Hall–Kier alpha value is -2.21. The summed E-state index contributed by atoms with van der Waals surface area (Å²) in [5, 5.41) is 3.31. The highest BCUT2D eigenvalue weighted by Crippen LogP contribution is 2.16. The van der Waals surface area contributed by atoms with Crippen molar-refractivity contribution < 1.29 is 9.59 Å². The number of hydrogen-bond acceptors (Lipinski definition) is 4. The van der Waals surface area contributed by atoms with Crippen molar-refractivity contribution in [1.29, 1.82) is 0 Å². The molecule has 0 aliphatic rings. The van der Waals surface area contributed by atoms with E-state index in [4.69, 9.17) is 0 Å². The number of thiazole rings is 1. The third-order valence-electron chi connectivity index (χ3n) is 3.10. The molecule has 6 heteroatoms. The lowest BCUT2D eigenvalue weighted by Crippen LogP contribution is -2.40. The fraction of sp³-hybridized carbons (Fsp3) is 0.353. The molecule has 2 amide bonds. The molecule has 5 nitrogen and oxygen atoms in total. The summed E-state index contributed by atoms with van der Waals surface area (Å²) in [5.41, 5.74) is 0.589. The van der Waals surface area contributed by atoms with Crippen LogP contribution < -0.4 is 5.32 Å². The Morgan fingerprint density at radius 3 is 2.52 bits per heavy atom. The van der Waals surface area contributed by atoms with Crippen molar-refractivity contribution in [2.24, 2.45) is 5.92 Å². The number of amides is 2. The van der Waals surface area contributed by atoms with Crippen LogP contribution in [-0.2, 0) is 4.79 Å². The fourth-order valence-electron chi connectivity index (χ4n) is 2.17. The van der Waals surface area contributed by atoms with Gasteiger partial charge in [-0.15, -0.1) is 11.3 Å². The summed E-state index contributed by atoms with van der Waals surface area (Å²) >= 11 is 1.42. The SMILES string of the molecule is Cc1cnc(NC(=O)CN(CC(C)C)C(=O)c2ccccc2)s1. The average molecular weight is 331 g/mol. The third-order valence-corrected chi connectivity index (χ3v) is 3.92. The third kappa shape index (κ3) is 5.17. The van der Waals surface area contributed by atoms with E-state index in [0.717, 1.165) is 4.88 Å². The summed E-state index contributed by atoms with van der Waals surface area (Å²) < 4.78 is 0. The molecule has 0 atom stereocenters. The molecule has 0 saturated carbocycles. The molecule has 0 fully saturated rings. The number of aromatic nitrogens is 1. The quantitative estimate of drug-likeness (QED) is 0.884. The first kappa shape index (κ1) is 17.1. The summed E-state index contributed by atoms with van der Waals surface area (Å²) in [5.74, 6) is -0.0911. The number of nitrogens with zero attached hydrogens (tertiary/aromatic N) is 2. The number of hydrogen-bond donors (Lipinski definition) is 1. The van der Waals surface area contributed by atoms with E-state index < -0.39 is 0 Å². The normalized spacial score (nSPS) is 10.6. The molecule has 0 aliphatic heterocycles. The minimum atomic E-state index is -0.232. The molecular formula is C17H21N3O2S. The number of rotatable bonds is 6. The topological polar surface area (TPSA) is 62.3 Å². The van der Waals surface area contributed by atoms with Crippen molar-refractivity contribution in [2.75, 3.05) is 18.4 Å². The molecule has 1 aromatic heterocycles. The predicted octanol–water partition coefficient (Wildman–Crippen LogP) is 3.19. The molecule has 0 saturated heterocycles. The largest absolute Gasteiger partial charge is 0.329 e. The van der Waals surface area contributed by atoms with Crippen LogP contribution in [0.4, 0.5) is 5.13 Å². The van der Waals surface area contributed by atoms with Crippen LogP contribution in [0.2, 0.25) is 0 Å². The zero-order valence-electron chi connectivity index (χ0n) is 13.6. The van der Waals surface area contributed by atoms with Crippen molar-refractivity contribution >= 4 is 28.3 Å². The van der Waals surface area contributed by atoms with Crippen molar-refractivity contribution in [3.63, 3.8) is 0 Å². The lowest BCUT2D eigenvalue weighted by Gasteiger charge is -2.24. The Morgan fingerprint density at radius 1 is 1.26 bits per heavy atom. The molecule has 0 spiro atoms. The minimum Gasteiger partial charge on any atom is -0.329 e. The van der Waals surface area contributed by atoms with Gasteiger partial charge in [0.05, 0.1) is 0 Å². The number of carbonyl (C=O) groups is 2. The van der Waals surface area contributed by atoms with Gasteiger partial charge in [-0.3, -0.25) is 9.59 Å². The Kier molecular flexibility index (Phi) is 5.87. The van der Waals surface area contributed by atoms with Gasteiger partial charge in [0, 0.05) is 23.2 Å². The second-order valence-corrected chi connectivity index (χ2v) is 7.00. The van der Waals surface area contributed by atoms with Gasteiger partial charge < -0.3 is 10.2 Å². The van der Waals surface area contributed by atoms with Crippen LogP contribution in [0.15, 0.2) is 36.5 Å². The minimum absolute atomic E-state index is 0.0184. The second kappa shape index (κ2) is 7.87. The van der Waals surface area contributed by atoms with Crippen LogP contribution in [-0.4, -0.2) is 34.8 Å². The molecule has 1 heterocycles. The smallest absolute Gasteiger partial charge is 0.254 e. The Morgan fingerprint density at radius 2 is 1.96 bits per heavy atom. The van der Waals surface area contributed by atoms with Gasteiger partial charge in [-0.25, -0.2) is 4.98 Å². The fourth-order valence-corrected chi connectivity index (χ4v) is 2.85. The van der Waals surface area contributed by atoms with Crippen LogP contribution in [0, 0.1) is 12.8 Å². The van der Waals surface area contributed by atoms with E-state index in [9.17, 15) is 9.59 Å².